The van der Waals surface area contributed by atoms with E-state index in [1.54, 1.807) is 0 Å². The molecule has 2 nitrogen and oxygen atoms in total. The molecule has 0 bridgehead atoms. The number of halogens is 3. The average Bonchev–Trinajstić information content (AvgIpc) is 2.27. The number of nitrogens with one attached hydrogen (secondary N) is 1. The first kappa shape index (κ1) is 14.2. The third-order valence-electron chi connectivity index (χ3n) is 2.02. The summed E-state index contributed by atoms with van der Waals surface area (Å²) in [5.41, 5.74) is 0.660. The van der Waals surface area contributed by atoms with E-state index in [0.717, 1.165) is 27.1 Å². The van der Waals surface area contributed by atoms with Crippen LogP contribution in [-0.2, 0) is 0 Å². The van der Waals surface area contributed by atoms with Gasteiger partial charge in [-0.1, -0.05) is 31.9 Å². The second kappa shape index (κ2) is 7.45. The molecule has 0 spiro atoms. The van der Waals surface area contributed by atoms with Gasteiger partial charge < -0.3 is 5.32 Å². The molecule has 1 N–H and O–H groups in total. The second-order valence-electron chi connectivity index (χ2n) is 3.28. The predicted molar refractivity (Wildman–Crippen MR) is 77.2 cm³/mol. The summed E-state index contributed by atoms with van der Waals surface area (Å²) in [6.07, 6.45) is 2.06. The first-order valence-corrected chi connectivity index (χ1v) is 7.65. The summed E-state index contributed by atoms with van der Waals surface area (Å²) < 4.78 is 1.72. The van der Waals surface area contributed by atoms with Gasteiger partial charge in [0.2, 0.25) is 0 Å². The molecule has 0 saturated heterocycles. The van der Waals surface area contributed by atoms with Crippen molar-refractivity contribution in [3.05, 3.63) is 32.7 Å². The first-order valence-electron chi connectivity index (χ1n) is 4.94. The van der Waals surface area contributed by atoms with Crippen LogP contribution < -0.4 is 5.32 Å². The fourth-order valence-electron chi connectivity index (χ4n) is 1.19. The number of carbonyl (C=O) groups is 1. The monoisotopic (exact) mass is 411 g/mol. The molecule has 88 valence electrons. The molecule has 0 saturated carbocycles. The molecule has 5 heteroatoms. The maximum Gasteiger partial charge on any atom is 0.252 e. The lowest BCUT2D eigenvalue weighted by molar-refractivity contribution is 0.0952. The highest BCUT2D eigenvalue weighted by Crippen LogP contribution is 2.21. The van der Waals surface area contributed by atoms with Crippen molar-refractivity contribution in [3.8, 4) is 0 Å². The normalized spacial score (nSPS) is 10.2. The van der Waals surface area contributed by atoms with Crippen LogP contribution >= 0.6 is 47.8 Å². The number of amides is 1. The molecule has 0 unspecified atom stereocenters. The van der Waals surface area contributed by atoms with Crippen LogP contribution in [0.4, 0.5) is 0 Å². The highest BCUT2D eigenvalue weighted by Gasteiger charge is 2.09. The van der Waals surface area contributed by atoms with E-state index in [9.17, 15) is 4.79 Å². The van der Waals surface area contributed by atoms with Crippen molar-refractivity contribution >= 4 is 53.7 Å². The van der Waals surface area contributed by atoms with E-state index < -0.39 is 0 Å². The second-order valence-corrected chi connectivity index (χ2v) is 5.84. The van der Waals surface area contributed by atoms with Gasteiger partial charge in [0.05, 0.1) is 5.56 Å². The molecule has 0 fully saturated rings. The highest BCUT2D eigenvalue weighted by molar-refractivity contribution is 9.11. The highest BCUT2D eigenvalue weighted by atomic mass is 79.9. The Kier molecular flexibility index (Phi) is 6.61. The molecule has 1 amide bonds. The van der Waals surface area contributed by atoms with Crippen LogP contribution in [0.3, 0.4) is 0 Å². The number of hydrogen-bond acceptors (Lipinski definition) is 1. The molecule has 0 aliphatic heterocycles. The van der Waals surface area contributed by atoms with Crippen molar-refractivity contribution in [1.29, 1.82) is 0 Å². The molecule has 0 aromatic heterocycles. The molecular formula is C11H12Br3NO. The van der Waals surface area contributed by atoms with Crippen LogP contribution in [0.2, 0.25) is 0 Å². The van der Waals surface area contributed by atoms with Gasteiger partial charge in [-0.3, -0.25) is 4.79 Å². The number of hydrogen-bond donors (Lipinski definition) is 1. The largest absolute Gasteiger partial charge is 0.352 e. The summed E-state index contributed by atoms with van der Waals surface area (Å²) in [5.74, 6) is -0.0391. The first-order chi connectivity index (χ1) is 7.65. The summed E-state index contributed by atoms with van der Waals surface area (Å²) in [6, 6.07) is 5.56. The smallest absolute Gasteiger partial charge is 0.252 e. The van der Waals surface area contributed by atoms with E-state index >= 15 is 0 Å². The summed E-state index contributed by atoms with van der Waals surface area (Å²) in [5, 5.41) is 3.87. The molecule has 0 aliphatic carbocycles. The predicted octanol–water partition coefficient (Wildman–Crippen LogP) is 4.12. The van der Waals surface area contributed by atoms with Crippen LogP contribution in [0.5, 0.6) is 0 Å². The summed E-state index contributed by atoms with van der Waals surface area (Å²) in [6.45, 7) is 0.712. The fraction of sp³-hybridized carbons (Fsp3) is 0.364. The van der Waals surface area contributed by atoms with E-state index in [-0.39, 0.29) is 5.91 Å². The van der Waals surface area contributed by atoms with Crippen molar-refractivity contribution in [2.75, 3.05) is 11.9 Å². The van der Waals surface area contributed by atoms with Gasteiger partial charge in [-0.15, -0.1) is 0 Å². The quantitative estimate of drug-likeness (QED) is 0.571. The van der Waals surface area contributed by atoms with Gasteiger partial charge in [0.25, 0.3) is 5.91 Å². The van der Waals surface area contributed by atoms with E-state index in [1.807, 2.05) is 18.2 Å². The van der Waals surface area contributed by atoms with Gasteiger partial charge in [-0.05, 0) is 47.0 Å². The minimum Gasteiger partial charge on any atom is -0.352 e. The maximum atomic E-state index is 11.8. The zero-order chi connectivity index (χ0) is 12.0. The summed E-state index contributed by atoms with van der Waals surface area (Å²) >= 11 is 10.1. The molecule has 0 aliphatic rings. The maximum absolute atomic E-state index is 11.8. The lowest BCUT2D eigenvalue weighted by atomic mass is 10.2. The molecule has 1 aromatic rings. The number of unbranched alkanes of at least 4 members (excludes halogenated alkanes) is 1. The van der Waals surface area contributed by atoms with Crippen LogP contribution in [0.25, 0.3) is 0 Å². The Bertz CT molecular complexity index is 368. The average molecular weight is 414 g/mol. The fourth-order valence-corrected chi connectivity index (χ4v) is 2.37. The van der Waals surface area contributed by atoms with Crippen molar-refractivity contribution in [1.82, 2.24) is 5.32 Å². The Morgan fingerprint density at radius 3 is 2.69 bits per heavy atom. The third-order valence-corrected chi connectivity index (χ3v) is 3.76. The van der Waals surface area contributed by atoms with Gasteiger partial charge in [0, 0.05) is 20.8 Å². The Morgan fingerprint density at radius 2 is 2.00 bits per heavy atom. The van der Waals surface area contributed by atoms with Crippen LogP contribution in [-0.4, -0.2) is 17.8 Å². The Balaban J connectivity index is 2.55. The standard InChI is InChI=1S/C11H12Br3NO/c12-5-1-2-6-15-11(16)9-7-8(13)3-4-10(9)14/h3-4,7H,1-2,5-6H2,(H,15,16). The topological polar surface area (TPSA) is 29.1 Å². The lowest BCUT2D eigenvalue weighted by Gasteiger charge is -2.06. The van der Waals surface area contributed by atoms with Crippen LogP contribution in [0.1, 0.15) is 23.2 Å². The Morgan fingerprint density at radius 1 is 1.25 bits per heavy atom. The van der Waals surface area contributed by atoms with Crippen molar-refractivity contribution in [2.24, 2.45) is 0 Å². The van der Waals surface area contributed by atoms with E-state index in [1.165, 1.54) is 0 Å². The van der Waals surface area contributed by atoms with E-state index in [0.29, 0.717) is 12.1 Å². The number of carbonyl (C=O) groups excluding carboxylic acids is 1. The molecule has 16 heavy (non-hydrogen) atoms. The molecule has 1 aromatic carbocycles. The van der Waals surface area contributed by atoms with Crippen LogP contribution in [0, 0.1) is 0 Å². The van der Waals surface area contributed by atoms with Gasteiger partial charge in [-0.2, -0.15) is 0 Å². The van der Waals surface area contributed by atoms with E-state index in [4.69, 9.17) is 0 Å². The number of alkyl halides is 1. The molecule has 1 rings (SSSR count). The van der Waals surface area contributed by atoms with Crippen LogP contribution in [0.15, 0.2) is 27.1 Å². The van der Waals surface area contributed by atoms with Gasteiger partial charge in [-0.25, -0.2) is 0 Å². The lowest BCUT2D eigenvalue weighted by Crippen LogP contribution is -2.24. The van der Waals surface area contributed by atoms with Crippen molar-refractivity contribution in [2.45, 2.75) is 12.8 Å². The van der Waals surface area contributed by atoms with Crippen molar-refractivity contribution in [3.63, 3.8) is 0 Å². The summed E-state index contributed by atoms with van der Waals surface area (Å²) in [4.78, 5) is 11.8. The SMILES string of the molecule is O=C(NCCCCBr)c1cc(Br)ccc1Br. The summed E-state index contributed by atoms with van der Waals surface area (Å²) in [7, 11) is 0. The number of benzene rings is 1. The van der Waals surface area contributed by atoms with Gasteiger partial charge in [0.1, 0.15) is 0 Å². The zero-order valence-corrected chi connectivity index (χ0v) is 13.4. The van der Waals surface area contributed by atoms with Crippen molar-refractivity contribution < 1.29 is 4.79 Å². The molecule has 0 heterocycles. The Hall–Kier alpha value is 0.130. The molecular weight excluding hydrogens is 402 g/mol. The zero-order valence-electron chi connectivity index (χ0n) is 8.60. The van der Waals surface area contributed by atoms with Gasteiger partial charge in [0.15, 0.2) is 0 Å². The molecule has 0 atom stereocenters. The minimum absolute atomic E-state index is 0.0391. The Labute approximate surface area is 121 Å². The third kappa shape index (κ3) is 4.55. The minimum atomic E-state index is -0.0391. The molecule has 0 radical (unpaired) electrons. The van der Waals surface area contributed by atoms with E-state index in [2.05, 4.69) is 53.1 Å². The number of rotatable bonds is 5. The van der Waals surface area contributed by atoms with Gasteiger partial charge >= 0.3 is 0 Å².